The summed E-state index contributed by atoms with van der Waals surface area (Å²) in [4.78, 5) is 11.1. The Bertz CT molecular complexity index is 693. The molecule has 2 aromatic heterocycles. The van der Waals surface area contributed by atoms with Gasteiger partial charge in [0.15, 0.2) is 5.96 Å². The number of rotatable bonds is 9. The van der Waals surface area contributed by atoms with E-state index in [-0.39, 0.29) is 30.0 Å². The molecule has 0 radical (unpaired) electrons. The molecule has 0 aliphatic carbocycles. The first kappa shape index (κ1) is 22.7. The molecule has 0 aromatic carbocycles. The van der Waals surface area contributed by atoms with Crippen LogP contribution >= 0.6 is 24.0 Å². The van der Waals surface area contributed by atoms with Gasteiger partial charge in [-0.15, -0.1) is 24.0 Å². The number of hydrogen-bond donors (Lipinski definition) is 2. The molecule has 2 N–H and O–H groups in total. The third-order valence-electron chi connectivity index (χ3n) is 5.18. The molecule has 0 saturated carbocycles. The van der Waals surface area contributed by atoms with Crippen molar-refractivity contribution in [1.82, 2.24) is 25.1 Å². The van der Waals surface area contributed by atoms with E-state index in [4.69, 9.17) is 4.42 Å². The Kier molecular flexibility index (Phi) is 9.83. The molecular weight excluding hydrogens is 467 g/mol. The van der Waals surface area contributed by atoms with E-state index in [0.29, 0.717) is 0 Å². The minimum atomic E-state index is 0. The Morgan fingerprint density at radius 2 is 2.11 bits per heavy atom. The number of nitrogens with one attached hydrogen (secondary N) is 2. The number of aromatic nitrogens is 2. The average molecular weight is 500 g/mol. The van der Waals surface area contributed by atoms with Crippen LogP contribution in [-0.4, -0.2) is 53.6 Å². The first-order valence-corrected chi connectivity index (χ1v) is 9.97. The van der Waals surface area contributed by atoms with Gasteiger partial charge in [0.05, 0.1) is 12.3 Å². The summed E-state index contributed by atoms with van der Waals surface area (Å²) < 4.78 is 7.87. The highest BCUT2D eigenvalue weighted by Crippen LogP contribution is 2.24. The number of guanidine groups is 1. The first-order valence-electron chi connectivity index (χ1n) is 9.97. The highest BCUT2D eigenvalue weighted by molar-refractivity contribution is 14.0. The second kappa shape index (κ2) is 12.1. The minimum Gasteiger partial charge on any atom is -0.468 e. The average Bonchev–Trinajstić information content (AvgIpc) is 3.44. The molecule has 1 aliphatic heterocycles. The van der Waals surface area contributed by atoms with Crippen LogP contribution in [-0.2, 0) is 6.54 Å². The number of likely N-dealkylation sites (tertiary alicyclic amines) is 1. The summed E-state index contributed by atoms with van der Waals surface area (Å²) in [5, 5.41) is 6.89. The first-order chi connectivity index (χ1) is 13.3. The molecule has 3 rings (SSSR count). The van der Waals surface area contributed by atoms with Gasteiger partial charge in [-0.05, 0) is 57.8 Å². The van der Waals surface area contributed by atoms with Gasteiger partial charge in [0.25, 0.3) is 0 Å². The quantitative estimate of drug-likeness (QED) is 0.240. The maximum absolute atomic E-state index is 5.68. The molecular formula is C20H33IN6O. The molecule has 7 nitrogen and oxygen atoms in total. The van der Waals surface area contributed by atoms with Crippen LogP contribution in [0.3, 0.4) is 0 Å². The topological polar surface area (TPSA) is 70.6 Å². The normalized spacial score (nSPS) is 16.0. The molecule has 0 bridgehead atoms. The van der Waals surface area contributed by atoms with Crippen LogP contribution in [0, 0.1) is 6.92 Å². The maximum atomic E-state index is 5.68. The van der Waals surface area contributed by atoms with Gasteiger partial charge in [0, 0.05) is 39.1 Å². The molecule has 1 aliphatic rings. The predicted octanol–water partition coefficient (Wildman–Crippen LogP) is 3.18. The van der Waals surface area contributed by atoms with E-state index in [1.54, 1.807) is 6.26 Å². The lowest BCUT2D eigenvalue weighted by molar-refractivity contribution is 0.215. The number of nitrogens with zero attached hydrogens (tertiary/aromatic N) is 4. The Hall–Kier alpha value is -1.55. The van der Waals surface area contributed by atoms with Gasteiger partial charge in [-0.2, -0.15) is 0 Å². The summed E-state index contributed by atoms with van der Waals surface area (Å²) in [5.41, 5.74) is 0. The van der Waals surface area contributed by atoms with Crippen LogP contribution < -0.4 is 10.6 Å². The van der Waals surface area contributed by atoms with Gasteiger partial charge in [0.2, 0.25) is 0 Å². The third kappa shape index (κ3) is 6.51. The summed E-state index contributed by atoms with van der Waals surface area (Å²) in [6.45, 7) is 7.01. The van der Waals surface area contributed by atoms with Gasteiger partial charge in [-0.25, -0.2) is 4.98 Å². The van der Waals surface area contributed by atoms with Crippen molar-refractivity contribution in [1.29, 1.82) is 0 Å². The molecule has 1 unspecified atom stereocenters. The Labute approximate surface area is 185 Å². The fourth-order valence-corrected chi connectivity index (χ4v) is 3.61. The van der Waals surface area contributed by atoms with E-state index in [1.807, 2.05) is 32.4 Å². The van der Waals surface area contributed by atoms with E-state index in [0.717, 1.165) is 63.1 Å². The van der Waals surface area contributed by atoms with Gasteiger partial charge < -0.3 is 19.6 Å². The van der Waals surface area contributed by atoms with E-state index in [2.05, 4.69) is 36.1 Å². The van der Waals surface area contributed by atoms with Crippen LogP contribution in [0.1, 0.15) is 43.3 Å². The summed E-state index contributed by atoms with van der Waals surface area (Å²) in [6, 6.07) is 4.29. The lowest BCUT2D eigenvalue weighted by atomic mass is 10.2. The SMILES string of the molecule is CN=C(NCCCCn1ccnc1C)NCC(c1ccco1)N1CCCC1.I. The molecule has 3 heterocycles. The Morgan fingerprint density at radius 3 is 2.75 bits per heavy atom. The molecule has 1 atom stereocenters. The molecule has 1 fully saturated rings. The van der Waals surface area contributed by atoms with Crippen LogP contribution in [0.5, 0.6) is 0 Å². The molecule has 1 saturated heterocycles. The monoisotopic (exact) mass is 500 g/mol. The summed E-state index contributed by atoms with van der Waals surface area (Å²) in [7, 11) is 1.82. The lowest BCUT2D eigenvalue weighted by Gasteiger charge is -2.26. The van der Waals surface area contributed by atoms with Crippen LogP contribution in [0.4, 0.5) is 0 Å². The van der Waals surface area contributed by atoms with E-state index in [1.165, 1.54) is 12.8 Å². The van der Waals surface area contributed by atoms with Crippen molar-refractivity contribution in [2.24, 2.45) is 4.99 Å². The predicted molar refractivity (Wildman–Crippen MR) is 123 cm³/mol. The number of hydrogen-bond acceptors (Lipinski definition) is 4. The van der Waals surface area contributed by atoms with Crippen LogP contribution in [0.25, 0.3) is 0 Å². The van der Waals surface area contributed by atoms with E-state index >= 15 is 0 Å². The molecule has 0 spiro atoms. The summed E-state index contributed by atoms with van der Waals surface area (Å²) in [5.74, 6) is 2.95. The second-order valence-electron chi connectivity index (χ2n) is 7.03. The van der Waals surface area contributed by atoms with Crippen molar-refractivity contribution >= 4 is 29.9 Å². The van der Waals surface area contributed by atoms with Crippen molar-refractivity contribution in [2.75, 3.05) is 33.2 Å². The van der Waals surface area contributed by atoms with Crippen molar-refractivity contribution in [2.45, 2.75) is 45.2 Å². The summed E-state index contributed by atoms with van der Waals surface area (Å²) >= 11 is 0. The fraction of sp³-hybridized carbons (Fsp3) is 0.600. The fourth-order valence-electron chi connectivity index (χ4n) is 3.61. The second-order valence-corrected chi connectivity index (χ2v) is 7.03. The van der Waals surface area contributed by atoms with Crippen molar-refractivity contribution in [3.05, 3.63) is 42.4 Å². The number of unbranched alkanes of at least 4 members (excludes halogenated alkanes) is 1. The Morgan fingerprint density at radius 1 is 1.29 bits per heavy atom. The smallest absolute Gasteiger partial charge is 0.191 e. The van der Waals surface area contributed by atoms with Crippen molar-refractivity contribution in [3.63, 3.8) is 0 Å². The zero-order valence-corrected chi connectivity index (χ0v) is 19.3. The van der Waals surface area contributed by atoms with Gasteiger partial charge in [-0.3, -0.25) is 9.89 Å². The van der Waals surface area contributed by atoms with Gasteiger partial charge >= 0.3 is 0 Å². The standard InChI is InChI=1S/C20H32N6O.HI/c1-17-22-10-14-25(17)11-4-3-9-23-20(21-2)24-16-18(19-8-7-15-27-19)26-12-5-6-13-26;/h7-8,10,14-15,18H,3-6,9,11-13,16H2,1-2H3,(H2,21,23,24);1H. The van der Waals surface area contributed by atoms with Crippen molar-refractivity contribution < 1.29 is 4.42 Å². The largest absolute Gasteiger partial charge is 0.468 e. The number of halogens is 1. The number of aliphatic imine (C=N–C) groups is 1. The van der Waals surface area contributed by atoms with Gasteiger partial charge in [0.1, 0.15) is 11.6 Å². The maximum Gasteiger partial charge on any atom is 0.191 e. The highest BCUT2D eigenvalue weighted by atomic mass is 127. The zero-order chi connectivity index (χ0) is 18.9. The van der Waals surface area contributed by atoms with Crippen molar-refractivity contribution in [3.8, 4) is 0 Å². The number of aryl methyl sites for hydroxylation is 2. The Balaban J connectivity index is 0.00000280. The number of imidazole rings is 1. The zero-order valence-electron chi connectivity index (χ0n) is 16.9. The molecule has 8 heteroatoms. The molecule has 0 amide bonds. The van der Waals surface area contributed by atoms with E-state index < -0.39 is 0 Å². The van der Waals surface area contributed by atoms with Crippen LogP contribution in [0.2, 0.25) is 0 Å². The lowest BCUT2D eigenvalue weighted by Crippen LogP contribution is -2.42. The minimum absolute atomic E-state index is 0. The molecule has 156 valence electrons. The molecule has 28 heavy (non-hydrogen) atoms. The number of furan rings is 1. The summed E-state index contributed by atoms with van der Waals surface area (Å²) in [6.07, 6.45) is 10.4. The molecule has 2 aromatic rings. The third-order valence-corrected chi connectivity index (χ3v) is 5.18. The highest BCUT2D eigenvalue weighted by Gasteiger charge is 2.25. The van der Waals surface area contributed by atoms with E-state index in [9.17, 15) is 0 Å². The van der Waals surface area contributed by atoms with Gasteiger partial charge in [-0.1, -0.05) is 0 Å². The van der Waals surface area contributed by atoms with Crippen LogP contribution in [0.15, 0.2) is 40.2 Å².